The van der Waals surface area contributed by atoms with Crippen molar-refractivity contribution >= 4 is 12.0 Å². The highest BCUT2D eigenvalue weighted by atomic mass is 16.4. The molecule has 0 radical (unpaired) electrons. The van der Waals surface area contributed by atoms with Crippen LogP contribution in [0.5, 0.6) is 0 Å². The van der Waals surface area contributed by atoms with Crippen LogP contribution in [-0.4, -0.2) is 77.4 Å². The molecule has 110 valence electrons. The fourth-order valence-corrected chi connectivity index (χ4v) is 2.03. The Bertz CT molecular complexity index is 316. The van der Waals surface area contributed by atoms with Crippen molar-refractivity contribution in [2.75, 3.05) is 33.2 Å². The van der Waals surface area contributed by atoms with E-state index in [1.54, 1.807) is 7.05 Å². The number of amides is 2. The van der Waals surface area contributed by atoms with Crippen molar-refractivity contribution in [2.24, 2.45) is 0 Å². The number of aliphatic hydroxyl groups is 1. The highest BCUT2D eigenvalue weighted by Crippen LogP contribution is 2.06. The van der Waals surface area contributed by atoms with Gasteiger partial charge in [-0.3, -0.25) is 0 Å². The molecule has 0 aromatic carbocycles. The van der Waals surface area contributed by atoms with E-state index in [1.807, 2.05) is 0 Å². The third-order valence-corrected chi connectivity index (χ3v) is 3.32. The molecule has 1 heterocycles. The van der Waals surface area contributed by atoms with Gasteiger partial charge in [-0.1, -0.05) is 0 Å². The number of hydrogen-bond acceptors (Lipinski definition) is 4. The molecule has 0 saturated carbocycles. The van der Waals surface area contributed by atoms with E-state index < -0.39 is 24.1 Å². The molecule has 1 aliphatic rings. The van der Waals surface area contributed by atoms with E-state index in [2.05, 4.69) is 10.2 Å². The van der Waals surface area contributed by atoms with Crippen molar-refractivity contribution in [3.63, 3.8) is 0 Å². The molecule has 19 heavy (non-hydrogen) atoms. The minimum atomic E-state index is -1.28. The molecule has 0 unspecified atom stereocenters. The SMILES string of the molecule is C[C@@H](O)[C@H](NC(=O)N(C)CCN1CCCC1)C(=O)O. The van der Waals surface area contributed by atoms with Crippen LogP contribution in [0.4, 0.5) is 4.79 Å². The van der Waals surface area contributed by atoms with Gasteiger partial charge in [0, 0.05) is 20.1 Å². The van der Waals surface area contributed by atoms with Crippen molar-refractivity contribution < 1.29 is 19.8 Å². The summed E-state index contributed by atoms with van der Waals surface area (Å²) >= 11 is 0. The minimum absolute atomic E-state index is 0.479. The predicted octanol–water partition coefficient (Wildman–Crippen LogP) is -0.442. The Labute approximate surface area is 113 Å². The number of carbonyl (C=O) groups excluding carboxylic acids is 1. The van der Waals surface area contributed by atoms with Crippen molar-refractivity contribution in [2.45, 2.75) is 31.9 Å². The average molecular weight is 273 g/mol. The summed E-state index contributed by atoms with van der Waals surface area (Å²) in [6.07, 6.45) is 1.26. The van der Waals surface area contributed by atoms with Crippen LogP contribution in [0.25, 0.3) is 0 Å². The molecule has 2 amide bonds. The minimum Gasteiger partial charge on any atom is -0.480 e. The van der Waals surface area contributed by atoms with Gasteiger partial charge in [0.15, 0.2) is 6.04 Å². The van der Waals surface area contributed by atoms with E-state index in [0.29, 0.717) is 6.54 Å². The molecule has 7 heteroatoms. The molecule has 1 rings (SSSR count). The zero-order valence-electron chi connectivity index (χ0n) is 11.5. The Morgan fingerprint density at radius 2 is 1.95 bits per heavy atom. The number of nitrogens with zero attached hydrogens (tertiary/aromatic N) is 2. The number of carbonyl (C=O) groups is 2. The lowest BCUT2D eigenvalue weighted by atomic mass is 10.2. The molecule has 0 bridgehead atoms. The summed E-state index contributed by atoms with van der Waals surface area (Å²) in [5.74, 6) is -1.24. The maximum Gasteiger partial charge on any atom is 0.328 e. The van der Waals surface area contributed by atoms with Gasteiger partial charge in [0.2, 0.25) is 0 Å². The first-order chi connectivity index (χ1) is 8.91. The molecule has 0 aromatic heterocycles. The second-order valence-electron chi connectivity index (χ2n) is 4.98. The summed E-state index contributed by atoms with van der Waals surface area (Å²) < 4.78 is 0. The summed E-state index contributed by atoms with van der Waals surface area (Å²) in [6.45, 7) is 4.78. The molecule has 0 spiro atoms. The van der Waals surface area contributed by atoms with Crippen molar-refractivity contribution in [3.8, 4) is 0 Å². The number of likely N-dealkylation sites (tertiary alicyclic amines) is 1. The number of carboxylic acids is 1. The number of nitrogens with one attached hydrogen (secondary N) is 1. The van der Waals surface area contributed by atoms with Gasteiger partial charge in [0.25, 0.3) is 0 Å². The summed E-state index contributed by atoms with van der Waals surface area (Å²) in [4.78, 5) is 26.4. The number of aliphatic carboxylic acids is 1. The third-order valence-electron chi connectivity index (χ3n) is 3.32. The normalized spacial score (nSPS) is 18.9. The highest BCUT2D eigenvalue weighted by Gasteiger charge is 2.26. The number of likely N-dealkylation sites (N-methyl/N-ethyl adjacent to an activating group) is 1. The van der Waals surface area contributed by atoms with E-state index in [4.69, 9.17) is 5.11 Å². The van der Waals surface area contributed by atoms with E-state index in [1.165, 1.54) is 24.7 Å². The summed E-state index contributed by atoms with van der Waals surface area (Å²) in [5.41, 5.74) is 0. The van der Waals surface area contributed by atoms with Gasteiger partial charge in [-0.05, 0) is 32.9 Å². The van der Waals surface area contributed by atoms with Gasteiger partial charge in [-0.2, -0.15) is 0 Å². The molecular weight excluding hydrogens is 250 g/mol. The van der Waals surface area contributed by atoms with Crippen LogP contribution >= 0.6 is 0 Å². The first kappa shape index (κ1) is 15.7. The molecule has 0 aliphatic carbocycles. The molecule has 3 N–H and O–H groups in total. The molecule has 1 aliphatic heterocycles. The fraction of sp³-hybridized carbons (Fsp3) is 0.833. The molecular formula is C12H23N3O4. The maximum absolute atomic E-state index is 11.8. The lowest BCUT2D eigenvalue weighted by Gasteiger charge is -2.24. The van der Waals surface area contributed by atoms with Crippen molar-refractivity contribution in [3.05, 3.63) is 0 Å². The lowest BCUT2D eigenvalue weighted by molar-refractivity contribution is -0.141. The predicted molar refractivity (Wildman–Crippen MR) is 69.9 cm³/mol. The first-order valence-corrected chi connectivity index (χ1v) is 6.56. The fourth-order valence-electron chi connectivity index (χ4n) is 2.03. The van der Waals surface area contributed by atoms with Crippen molar-refractivity contribution in [1.29, 1.82) is 0 Å². The van der Waals surface area contributed by atoms with Crippen LogP contribution in [0.15, 0.2) is 0 Å². The Morgan fingerprint density at radius 1 is 1.37 bits per heavy atom. The average Bonchev–Trinajstić information content (AvgIpc) is 2.84. The largest absolute Gasteiger partial charge is 0.480 e. The third kappa shape index (κ3) is 5.04. The quantitative estimate of drug-likeness (QED) is 0.610. The van der Waals surface area contributed by atoms with E-state index in [9.17, 15) is 14.7 Å². The molecule has 7 nitrogen and oxygen atoms in total. The van der Waals surface area contributed by atoms with Gasteiger partial charge in [0.05, 0.1) is 6.10 Å². The second kappa shape index (κ2) is 7.30. The molecule has 1 fully saturated rings. The maximum atomic E-state index is 11.8. The summed E-state index contributed by atoms with van der Waals surface area (Å²) in [7, 11) is 1.62. The Balaban J connectivity index is 2.36. The zero-order valence-corrected chi connectivity index (χ0v) is 11.5. The standard InChI is InChI=1S/C12H23N3O4/c1-9(16)10(11(17)18)13-12(19)14(2)7-8-15-5-3-4-6-15/h9-10,16H,3-8H2,1-2H3,(H,13,19)(H,17,18)/t9-,10+/m1/s1. The topological polar surface area (TPSA) is 93.1 Å². The van der Waals surface area contributed by atoms with Crippen LogP contribution in [-0.2, 0) is 4.79 Å². The van der Waals surface area contributed by atoms with Gasteiger partial charge >= 0.3 is 12.0 Å². The van der Waals surface area contributed by atoms with Crippen LogP contribution in [0.1, 0.15) is 19.8 Å². The van der Waals surface area contributed by atoms with Crippen molar-refractivity contribution in [1.82, 2.24) is 15.1 Å². The van der Waals surface area contributed by atoms with Crippen LogP contribution < -0.4 is 5.32 Å². The number of rotatable bonds is 6. The summed E-state index contributed by atoms with van der Waals surface area (Å²) in [5, 5.41) is 20.5. The Kier molecular flexibility index (Phi) is 6.04. The van der Waals surface area contributed by atoms with Crippen LogP contribution in [0.2, 0.25) is 0 Å². The van der Waals surface area contributed by atoms with Crippen LogP contribution in [0, 0.1) is 0 Å². The Morgan fingerprint density at radius 3 is 2.42 bits per heavy atom. The number of carboxylic acid groups (broad SMARTS) is 1. The highest BCUT2D eigenvalue weighted by molar-refractivity contribution is 5.82. The molecule has 2 atom stereocenters. The monoisotopic (exact) mass is 273 g/mol. The van der Waals surface area contributed by atoms with Crippen LogP contribution in [0.3, 0.4) is 0 Å². The van der Waals surface area contributed by atoms with Gasteiger partial charge in [-0.15, -0.1) is 0 Å². The number of hydrogen-bond donors (Lipinski definition) is 3. The summed E-state index contributed by atoms with van der Waals surface area (Å²) in [6, 6.07) is -1.76. The van der Waals surface area contributed by atoms with Gasteiger partial charge in [-0.25, -0.2) is 9.59 Å². The van der Waals surface area contributed by atoms with E-state index >= 15 is 0 Å². The number of aliphatic hydroxyl groups excluding tert-OH is 1. The van der Waals surface area contributed by atoms with Gasteiger partial charge < -0.3 is 25.3 Å². The Hall–Kier alpha value is -1.34. The second-order valence-corrected chi connectivity index (χ2v) is 4.98. The van der Waals surface area contributed by atoms with Gasteiger partial charge in [0.1, 0.15) is 0 Å². The molecule has 0 aromatic rings. The number of urea groups is 1. The van der Waals surface area contributed by atoms with E-state index in [0.717, 1.165) is 19.6 Å². The zero-order chi connectivity index (χ0) is 14.4. The lowest BCUT2D eigenvalue weighted by Crippen LogP contribution is -2.52. The molecule has 1 saturated heterocycles. The first-order valence-electron chi connectivity index (χ1n) is 6.56. The smallest absolute Gasteiger partial charge is 0.328 e. The van der Waals surface area contributed by atoms with E-state index in [-0.39, 0.29) is 0 Å².